The number of alkyl halides is 3. The van der Waals surface area contributed by atoms with Crippen LogP contribution in [0.25, 0.3) is 0 Å². The van der Waals surface area contributed by atoms with Crippen molar-refractivity contribution < 1.29 is 18.0 Å². The zero-order chi connectivity index (χ0) is 16.0. The number of benzene rings is 1. The predicted octanol–water partition coefficient (Wildman–Crippen LogP) is 2.96. The van der Waals surface area contributed by atoms with Crippen molar-refractivity contribution >= 4 is 5.91 Å². The van der Waals surface area contributed by atoms with Crippen LogP contribution in [-0.2, 0) is 17.5 Å². The minimum absolute atomic E-state index is 0.000486. The molecule has 1 rings (SSSR count). The van der Waals surface area contributed by atoms with Crippen LogP contribution in [-0.4, -0.2) is 19.0 Å². The summed E-state index contributed by atoms with van der Waals surface area (Å²) in [6, 6.07) is 4.89. The second kappa shape index (κ2) is 7.45. The third-order valence-corrected chi connectivity index (χ3v) is 3.13. The fourth-order valence-corrected chi connectivity index (χ4v) is 2.11. The van der Waals surface area contributed by atoms with Crippen LogP contribution in [0, 0.1) is 5.92 Å². The van der Waals surface area contributed by atoms with Gasteiger partial charge in [-0.25, -0.2) is 0 Å². The minimum atomic E-state index is -4.39. The minimum Gasteiger partial charge on any atom is -0.358 e. The molecule has 0 fully saturated rings. The highest BCUT2D eigenvalue weighted by atomic mass is 19.4. The van der Waals surface area contributed by atoms with Gasteiger partial charge in [-0.2, -0.15) is 13.2 Å². The van der Waals surface area contributed by atoms with E-state index < -0.39 is 17.8 Å². The number of halogens is 3. The summed E-state index contributed by atoms with van der Waals surface area (Å²) >= 11 is 0. The molecule has 0 aliphatic carbocycles. The summed E-state index contributed by atoms with van der Waals surface area (Å²) < 4.78 is 38.7. The maximum Gasteiger partial charge on any atom is 0.416 e. The SMILES string of the molecule is CNC(=O)C(CC(C)C)NCc1ccccc1C(F)(F)F. The summed E-state index contributed by atoms with van der Waals surface area (Å²) in [5, 5.41) is 5.45. The Morgan fingerprint density at radius 3 is 2.38 bits per heavy atom. The number of hydrogen-bond acceptors (Lipinski definition) is 2. The van der Waals surface area contributed by atoms with Gasteiger partial charge < -0.3 is 10.6 Å². The molecule has 0 saturated carbocycles. The van der Waals surface area contributed by atoms with Crippen molar-refractivity contribution in [2.45, 2.75) is 39.0 Å². The topological polar surface area (TPSA) is 41.1 Å². The molecule has 1 aromatic carbocycles. The lowest BCUT2D eigenvalue weighted by Crippen LogP contribution is -2.43. The molecule has 1 aromatic rings. The Morgan fingerprint density at radius 2 is 1.86 bits per heavy atom. The van der Waals surface area contributed by atoms with Gasteiger partial charge in [-0.3, -0.25) is 4.79 Å². The van der Waals surface area contributed by atoms with E-state index in [1.807, 2.05) is 13.8 Å². The van der Waals surface area contributed by atoms with Gasteiger partial charge in [-0.1, -0.05) is 32.0 Å². The molecule has 0 spiro atoms. The molecule has 2 N–H and O–H groups in total. The number of rotatable bonds is 6. The Labute approximate surface area is 122 Å². The summed E-state index contributed by atoms with van der Waals surface area (Å²) in [6.07, 6.45) is -3.83. The summed E-state index contributed by atoms with van der Waals surface area (Å²) in [4.78, 5) is 11.8. The molecule has 1 atom stereocenters. The number of nitrogens with one attached hydrogen (secondary N) is 2. The number of amides is 1. The largest absolute Gasteiger partial charge is 0.416 e. The van der Waals surface area contributed by atoms with E-state index in [1.165, 1.54) is 19.2 Å². The Kier molecular flexibility index (Phi) is 6.20. The van der Waals surface area contributed by atoms with Gasteiger partial charge >= 0.3 is 6.18 Å². The average Bonchev–Trinajstić information content (AvgIpc) is 2.41. The number of carbonyl (C=O) groups is 1. The van der Waals surface area contributed by atoms with Crippen molar-refractivity contribution in [3.05, 3.63) is 35.4 Å². The Balaban J connectivity index is 2.83. The lowest BCUT2D eigenvalue weighted by Gasteiger charge is -2.20. The zero-order valence-corrected chi connectivity index (χ0v) is 12.4. The fourth-order valence-electron chi connectivity index (χ4n) is 2.11. The molecule has 0 bridgehead atoms. The van der Waals surface area contributed by atoms with Gasteiger partial charge in [0.2, 0.25) is 5.91 Å². The van der Waals surface area contributed by atoms with Crippen LogP contribution in [0.4, 0.5) is 13.2 Å². The molecule has 0 radical (unpaired) electrons. The van der Waals surface area contributed by atoms with Crippen molar-refractivity contribution in [2.24, 2.45) is 5.92 Å². The maximum atomic E-state index is 12.9. The van der Waals surface area contributed by atoms with Crippen LogP contribution in [0.5, 0.6) is 0 Å². The smallest absolute Gasteiger partial charge is 0.358 e. The summed E-state index contributed by atoms with van der Waals surface area (Å²) in [7, 11) is 1.51. The van der Waals surface area contributed by atoms with E-state index in [2.05, 4.69) is 10.6 Å². The van der Waals surface area contributed by atoms with E-state index in [9.17, 15) is 18.0 Å². The van der Waals surface area contributed by atoms with Gasteiger partial charge in [-0.15, -0.1) is 0 Å². The van der Waals surface area contributed by atoms with Crippen molar-refractivity contribution in [1.29, 1.82) is 0 Å². The molecule has 0 aliphatic heterocycles. The van der Waals surface area contributed by atoms with Gasteiger partial charge in [0.15, 0.2) is 0 Å². The lowest BCUT2D eigenvalue weighted by molar-refractivity contribution is -0.138. The van der Waals surface area contributed by atoms with Crippen LogP contribution in [0.3, 0.4) is 0 Å². The third kappa shape index (κ3) is 5.38. The number of carbonyl (C=O) groups excluding carboxylic acids is 1. The third-order valence-electron chi connectivity index (χ3n) is 3.13. The van der Waals surface area contributed by atoms with Crippen molar-refractivity contribution in [1.82, 2.24) is 10.6 Å². The average molecular weight is 302 g/mol. The molecule has 21 heavy (non-hydrogen) atoms. The maximum absolute atomic E-state index is 12.9. The molecule has 0 saturated heterocycles. The monoisotopic (exact) mass is 302 g/mol. The molecule has 0 heterocycles. The van der Waals surface area contributed by atoms with E-state index in [1.54, 1.807) is 6.07 Å². The van der Waals surface area contributed by atoms with E-state index >= 15 is 0 Å². The number of hydrogen-bond donors (Lipinski definition) is 2. The molecule has 6 heteroatoms. The normalized spacial score (nSPS) is 13.3. The first-order chi connectivity index (χ1) is 9.75. The molecule has 3 nitrogen and oxygen atoms in total. The van der Waals surface area contributed by atoms with Gasteiger partial charge in [0.05, 0.1) is 11.6 Å². The predicted molar refractivity (Wildman–Crippen MR) is 75.6 cm³/mol. The van der Waals surface area contributed by atoms with E-state index in [0.29, 0.717) is 6.42 Å². The summed E-state index contributed by atoms with van der Waals surface area (Å²) in [6.45, 7) is 3.92. The highest BCUT2D eigenvalue weighted by Gasteiger charge is 2.33. The van der Waals surface area contributed by atoms with E-state index in [4.69, 9.17) is 0 Å². The first kappa shape index (κ1) is 17.5. The summed E-state index contributed by atoms with van der Waals surface area (Å²) in [5.41, 5.74) is -0.527. The van der Waals surface area contributed by atoms with E-state index in [0.717, 1.165) is 6.07 Å². The van der Waals surface area contributed by atoms with Crippen molar-refractivity contribution in [3.8, 4) is 0 Å². The fraction of sp³-hybridized carbons (Fsp3) is 0.533. The molecule has 0 aliphatic rings. The Hall–Kier alpha value is -1.56. The zero-order valence-electron chi connectivity index (χ0n) is 12.4. The van der Waals surface area contributed by atoms with Gasteiger partial charge in [0.1, 0.15) is 0 Å². The Bertz CT molecular complexity index is 472. The summed E-state index contributed by atoms with van der Waals surface area (Å²) in [5.74, 6) is 0.0471. The standard InChI is InChI=1S/C15H21F3N2O/c1-10(2)8-13(14(21)19-3)20-9-11-6-4-5-7-12(11)15(16,17)18/h4-7,10,13,20H,8-9H2,1-3H3,(H,19,21). The van der Waals surface area contributed by atoms with Gasteiger partial charge in [0, 0.05) is 13.6 Å². The first-order valence-corrected chi connectivity index (χ1v) is 6.85. The van der Waals surface area contributed by atoms with Crippen LogP contribution in [0.2, 0.25) is 0 Å². The van der Waals surface area contributed by atoms with Crippen LogP contribution >= 0.6 is 0 Å². The van der Waals surface area contributed by atoms with Crippen LogP contribution < -0.4 is 10.6 Å². The van der Waals surface area contributed by atoms with Crippen molar-refractivity contribution in [2.75, 3.05) is 7.05 Å². The highest BCUT2D eigenvalue weighted by Crippen LogP contribution is 2.31. The second-order valence-corrected chi connectivity index (χ2v) is 5.33. The quantitative estimate of drug-likeness (QED) is 0.848. The molecular formula is C15H21F3N2O. The molecule has 118 valence electrons. The lowest BCUT2D eigenvalue weighted by atomic mass is 10.0. The molecule has 1 amide bonds. The van der Waals surface area contributed by atoms with Gasteiger partial charge in [-0.05, 0) is 24.0 Å². The van der Waals surface area contributed by atoms with Crippen LogP contribution in [0.15, 0.2) is 24.3 Å². The molecule has 0 aromatic heterocycles. The highest BCUT2D eigenvalue weighted by molar-refractivity contribution is 5.81. The van der Waals surface area contributed by atoms with Gasteiger partial charge in [0.25, 0.3) is 0 Å². The molecule has 1 unspecified atom stereocenters. The van der Waals surface area contributed by atoms with Crippen LogP contribution in [0.1, 0.15) is 31.4 Å². The molecular weight excluding hydrogens is 281 g/mol. The van der Waals surface area contributed by atoms with Crippen molar-refractivity contribution in [3.63, 3.8) is 0 Å². The first-order valence-electron chi connectivity index (χ1n) is 6.85. The Morgan fingerprint density at radius 1 is 1.24 bits per heavy atom. The second-order valence-electron chi connectivity index (χ2n) is 5.33. The van der Waals surface area contributed by atoms with E-state index in [-0.39, 0.29) is 23.9 Å². The number of likely N-dealkylation sites (N-methyl/N-ethyl adjacent to an activating group) is 1.